The van der Waals surface area contributed by atoms with Crippen molar-refractivity contribution in [2.75, 3.05) is 0 Å². The number of thiol groups is 1. The minimum absolute atomic E-state index is 0.104. The number of rotatable bonds is 1. The zero-order valence-corrected chi connectivity index (χ0v) is 6.81. The first kappa shape index (κ1) is 7.63. The number of benzene rings is 1. The standard InChI is InChI=1S/C8H11NS/c1-6(9)7-3-2-4-8(10)5-7/h2-6,10H,9H2,1H3. The van der Waals surface area contributed by atoms with Gasteiger partial charge in [0.15, 0.2) is 0 Å². The van der Waals surface area contributed by atoms with Gasteiger partial charge in [0, 0.05) is 10.9 Å². The maximum atomic E-state index is 5.65. The Morgan fingerprint density at radius 3 is 2.60 bits per heavy atom. The summed E-state index contributed by atoms with van der Waals surface area (Å²) in [7, 11) is 0. The zero-order chi connectivity index (χ0) is 7.56. The first-order valence-electron chi connectivity index (χ1n) is 3.24. The van der Waals surface area contributed by atoms with Crippen molar-refractivity contribution >= 4 is 12.6 Å². The van der Waals surface area contributed by atoms with Crippen LogP contribution in [0.15, 0.2) is 29.2 Å². The van der Waals surface area contributed by atoms with Gasteiger partial charge in [-0.05, 0) is 24.6 Å². The van der Waals surface area contributed by atoms with E-state index in [0.29, 0.717) is 0 Å². The first-order chi connectivity index (χ1) is 4.70. The van der Waals surface area contributed by atoms with Gasteiger partial charge in [-0.1, -0.05) is 12.1 Å². The zero-order valence-electron chi connectivity index (χ0n) is 5.91. The van der Waals surface area contributed by atoms with Gasteiger partial charge < -0.3 is 5.73 Å². The normalized spacial score (nSPS) is 13.1. The van der Waals surface area contributed by atoms with E-state index in [2.05, 4.69) is 12.6 Å². The topological polar surface area (TPSA) is 26.0 Å². The molecule has 1 nitrogen and oxygen atoms in total. The molecule has 0 aliphatic rings. The third-order valence-corrected chi connectivity index (χ3v) is 1.67. The van der Waals surface area contributed by atoms with Crippen molar-refractivity contribution in [3.63, 3.8) is 0 Å². The second-order valence-corrected chi connectivity index (χ2v) is 2.90. The number of nitrogens with two attached hydrogens (primary N) is 1. The molecule has 1 aromatic rings. The van der Waals surface area contributed by atoms with Gasteiger partial charge in [0.05, 0.1) is 0 Å². The van der Waals surface area contributed by atoms with E-state index in [1.165, 1.54) is 0 Å². The molecular weight excluding hydrogens is 142 g/mol. The minimum atomic E-state index is 0.104. The average Bonchev–Trinajstić information content (AvgIpc) is 1.88. The van der Waals surface area contributed by atoms with Gasteiger partial charge in [0.1, 0.15) is 0 Å². The molecule has 1 rings (SSSR count). The van der Waals surface area contributed by atoms with Crippen LogP contribution in [0, 0.1) is 0 Å². The molecule has 0 aliphatic heterocycles. The number of hydrogen-bond acceptors (Lipinski definition) is 2. The summed E-state index contributed by atoms with van der Waals surface area (Å²) in [6, 6.07) is 7.99. The van der Waals surface area contributed by atoms with Crippen LogP contribution in [0.2, 0.25) is 0 Å². The van der Waals surface area contributed by atoms with Crippen molar-refractivity contribution in [1.29, 1.82) is 0 Å². The lowest BCUT2D eigenvalue weighted by molar-refractivity contribution is 0.815. The highest BCUT2D eigenvalue weighted by Crippen LogP contribution is 2.13. The fraction of sp³-hybridized carbons (Fsp3) is 0.250. The third-order valence-electron chi connectivity index (χ3n) is 1.40. The van der Waals surface area contributed by atoms with E-state index in [4.69, 9.17) is 5.73 Å². The Labute approximate surface area is 66.7 Å². The monoisotopic (exact) mass is 153 g/mol. The van der Waals surface area contributed by atoms with Crippen molar-refractivity contribution < 1.29 is 0 Å². The second-order valence-electron chi connectivity index (χ2n) is 2.38. The van der Waals surface area contributed by atoms with Crippen LogP contribution in [0.5, 0.6) is 0 Å². The molecule has 0 radical (unpaired) electrons. The molecule has 0 amide bonds. The van der Waals surface area contributed by atoms with Crippen molar-refractivity contribution in [1.82, 2.24) is 0 Å². The molecule has 0 aromatic heterocycles. The van der Waals surface area contributed by atoms with Gasteiger partial charge in [-0.3, -0.25) is 0 Å². The Hall–Kier alpha value is -0.470. The van der Waals surface area contributed by atoms with Crippen LogP contribution < -0.4 is 5.73 Å². The Morgan fingerprint density at radius 1 is 1.50 bits per heavy atom. The lowest BCUT2D eigenvalue weighted by Gasteiger charge is -2.04. The second kappa shape index (κ2) is 3.08. The van der Waals surface area contributed by atoms with Crippen LogP contribution in [0.4, 0.5) is 0 Å². The summed E-state index contributed by atoms with van der Waals surface area (Å²) in [5.41, 5.74) is 6.78. The Bertz CT molecular complexity index is 220. The molecule has 0 bridgehead atoms. The SMILES string of the molecule is CC(N)c1cccc(S)c1. The Kier molecular flexibility index (Phi) is 2.35. The number of hydrogen-bond donors (Lipinski definition) is 2. The van der Waals surface area contributed by atoms with Gasteiger partial charge in [-0.2, -0.15) is 0 Å². The molecule has 54 valence electrons. The molecule has 0 saturated carbocycles. The van der Waals surface area contributed by atoms with Gasteiger partial charge in [0.25, 0.3) is 0 Å². The summed E-state index contributed by atoms with van der Waals surface area (Å²) < 4.78 is 0. The lowest BCUT2D eigenvalue weighted by Crippen LogP contribution is -2.04. The molecule has 2 N–H and O–H groups in total. The lowest BCUT2D eigenvalue weighted by atomic mass is 10.1. The molecule has 10 heavy (non-hydrogen) atoms. The van der Waals surface area contributed by atoms with Crippen LogP contribution in [0.3, 0.4) is 0 Å². The summed E-state index contributed by atoms with van der Waals surface area (Å²) in [6.45, 7) is 1.96. The van der Waals surface area contributed by atoms with Crippen molar-refractivity contribution in [3.05, 3.63) is 29.8 Å². The minimum Gasteiger partial charge on any atom is -0.324 e. The Balaban J connectivity index is 2.96. The van der Waals surface area contributed by atoms with Crippen LogP contribution in [-0.2, 0) is 0 Å². The maximum absolute atomic E-state index is 5.65. The van der Waals surface area contributed by atoms with Crippen LogP contribution in [0.1, 0.15) is 18.5 Å². The predicted molar refractivity (Wildman–Crippen MR) is 46.3 cm³/mol. The molecule has 0 heterocycles. The van der Waals surface area contributed by atoms with E-state index in [0.717, 1.165) is 10.5 Å². The molecule has 2 heteroatoms. The highest BCUT2D eigenvalue weighted by Gasteiger charge is 1.96. The van der Waals surface area contributed by atoms with Gasteiger partial charge in [-0.15, -0.1) is 12.6 Å². The van der Waals surface area contributed by atoms with E-state index in [1.54, 1.807) is 0 Å². The van der Waals surface area contributed by atoms with E-state index in [-0.39, 0.29) is 6.04 Å². The van der Waals surface area contributed by atoms with Gasteiger partial charge in [-0.25, -0.2) is 0 Å². The molecule has 0 spiro atoms. The van der Waals surface area contributed by atoms with Gasteiger partial charge in [0.2, 0.25) is 0 Å². The quantitative estimate of drug-likeness (QED) is 0.593. The molecule has 0 fully saturated rings. The smallest absolute Gasteiger partial charge is 0.0266 e. The molecule has 1 aromatic carbocycles. The van der Waals surface area contributed by atoms with Crippen LogP contribution >= 0.6 is 12.6 Å². The molecule has 0 aliphatic carbocycles. The molecule has 0 saturated heterocycles. The molecular formula is C8H11NS. The van der Waals surface area contributed by atoms with Gasteiger partial charge >= 0.3 is 0 Å². The van der Waals surface area contributed by atoms with Crippen molar-refractivity contribution in [2.24, 2.45) is 5.73 Å². The fourth-order valence-corrected chi connectivity index (χ4v) is 1.04. The first-order valence-corrected chi connectivity index (χ1v) is 3.69. The molecule has 1 unspecified atom stereocenters. The van der Waals surface area contributed by atoms with Crippen molar-refractivity contribution in [3.8, 4) is 0 Å². The van der Waals surface area contributed by atoms with E-state index < -0.39 is 0 Å². The largest absolute Gasteiger partial charge is 0.324 e. The summed E-state index contributed by atoms with van der Waals surface area (Å²) in [6.07, 6.45) is 0. The Morgan fingerprint density at radius 2 is 2.20 bits per heavy atom. The summed E-state index contributed by atoms with van der Waals surface area (Å²) >= 11 is 4.19. The van der Waals surface area contributed by atoms with Crippen LogP contribution in [0.25, 0.3) is 0 Å². The summed E-state index contributed by atoms with van der Waals surface area (Å²) in [4.78, 5) is 0.967. The highest BCUT2D eigenvalue weighted by atomic mass is 32.1. The highest BCUT2D eigenvalue weighted by molar-refractivity contribution is 7.80. The fourth-order valence-electron chi connectivity index (χ4n) is 0.808. The molecule has 1 atom stereocenters. The third kappa shape index (κ3) is 1.75. The summed E-state index contributed by atoms with van der Waals surface area (Å²) in [5, 5.41) is 0. The van der Waals surface area contributed by atoms with E-state index in [1.807, 2.05) is 31.2 Å². The summed E-state index contributed by atoms with van der Waals surface area (Å²) in [5.74, 6) is 0. The average molecular weight is 153 g/mol. The van der Waals surface area contributed by atoms with E-state index in [9.17, 15) is 0 Å². The predicted octanol–water partition coefficient (Wildman–Crippen LogP) is 2.00. The van der Waals surface area contributed by atoms with Crippen molar-refractivity contribution in [2.45, 2.75) is 17.9 Å². The van der Waals surface area contributed by atoms with Crippen LogP contribution in [-0.4, -0.2) is 0 Å². The maximum Gasteiger partial charge on any atom is 0.0266 e. The van der Waals surface area contributed by atoms with E-state index >= 15 is 0 Å².